The Bertz CT molecular complexity index is 655. The summed E-state index contributed by atoms with van der Waals surface area (Å²) in [5, 5.41) is 0. The van der Waals surface area contributed by atoms with Crippen molar-refractivity contribution in [2.75, 3.05) is 33.4 Å². The predicted octanol–water partition coefficient (Wildman–Crippen LogP) is 2.02. The molecule has 2 heterocycles. The van der Waals surface area contributed by atoms with Crippen LogP contribution in [0.4, 0.5) is 0 Å². The fraction of sp³-hybridized carbons (Fsp3) is 0.571. The van der Waals surface area contributed by atoms with Crippen molar-refractivity contribution in [2.24, 2.45) is 0 Å². The quantitative estimate of drug-likeness (QED) is 0.788. The zero-order valence-corrected chi connectivity index (χ0v) is 14.7. The van der Waals surface area contributed by atoms with Crippen molar-refractivity contribution in [3.05, 3.63) is 16.6 Å². The molecule has 0 radical (unpaired) electrons. The molecule has 0 spiro atoms. The van der Waals surface area contributed by atoms with Crippen molar-refractivity contribution < 1.29 is 22.6 Å². The number of ether oxygens (including phenoxy) is 3. The highest BCUT2D eigenvalue weighted by Gasteiger charge is 2.32. The Kier molecular flexibility index (Phi) is 4.63. The Morgan fingerprint density at radius 1 is 1.18 bits per heavy atom. The zero-order valence-electron chi connectivity index (χ0n) is 12.2. The van der Waals surface area contributed by atoms with E-state index in [0.29, 0.717) is 55.1 Å². The molecule has 0 N–H and O–H groups in total. The molecule has 2 aliphatic rings. The Hall–Kier alpha value is -0.830. The SMILES string of the molecule is COC1CCN(S(=O)(=O)c2cc3c(cc2Br)OCCO3)CC1. The second-order valence-electron chi connectivity index (χ2n) is 5.27. The van der Waals surface area contributed by atoms with Crippen LogP contribution in [0.2, 0.25) is 0 Å². The van der Waals surface area contributed by atoms with Crippen LogP contribution in [0.25, 0.3) is 0 Å². The van der Waals surface area contributed by atoms with E-state index < -0.39 is 10.0 Å². The van der Waals surface area contributed by atoms with Crippen molar-refractivity contribution >= 4 is 26.0 Å². The molecule has 1 fully saturated rings. The standard InChI is InChI=1S/C14H18BrNO5S/c1-19-10-2-4-16(5-3-10)22(17,18)14-9-13-12(8-11(14)15)20-6-7-21-13/h8-10H,2-7H2,1H3. The minimum absolute atomic E-state index is 0.134. The van der Waals surface area contributed by atoms with E-state index in [4.69, 9.17) is 14.2 Å². The summed E-state index contributed by atoms with van der Waals surface area (Å²) in [6.07, 6.45) is 1.55. The molecule has 0 amide bonds. The summed E-state index contributed by atoms with van der Waals surface area (Å²) in [5.74, 6) is 1.04. The topological polar surface area (TPSA) is 65.1 Å². The van der Waals surface area contributed by atoms with Gasteiger partial charge in [0.15, 0.2) is 11.5 Å². The predicted molar refractivity (Wildman–Crippen MR) is 83.9 cm³/mol. The Morgan fingerprint density at radius 2 is 1.77 bits per heavy atom. The summed E-state index contributed by atoms with van der Waals surface area (Å²) in [6.45, 7) is 1.81. The molecule has 0 atom stereocenters. The van der Waals surface area contributed by atoms with E-state index >= 15 is 0 Å². The highest BCUT2D eigenvalue weighted by atomic mass is 79.9. The third-order valence-corrected chi connectivity index (χ3v) is 6.81. The van der Waals surface area contributed by atoms with Crippen LogP contribution in [-0.2, 0) is 14.8 Å². The van der Waals surface area contributed by atoms with Crippen LogP contribution in [0.15, 0.2) is 21.5 Å². The van der Waals surface area contributed by atoms with Gasteiger partial charge in [-0.3, -0.25) is 0 Å². The lowest BCUT2D eigenvalue weighted by atomic mass is 10.1. The number of rotatable bonds is 3. The number of nitrogens with zero attached hydrogens (tertiary/aromatic N) is 1. The number of hydrogen-bond acceptors (Lipinski definition) is 5. The summed E-state index contributed by atoms with van der Waals surface area (Å²) in [5.41, 5.74) is 0. The molecule has 122 valence electrons. The molecule has 1 aromatic rings. The van der Waals surface area contributed by atoms with Crippen molar-refractivity contribution in [2.45, 2.75) is 23.8 Å². The van der Waals surface area contributed by atoms with Crippen LogP contribution >= 0.6 is 15.9 Å². The first-order valence-corrected chi connectivity index (χ1v) is 9.38. The maximum absolute atomic E-state index is 12.8. The normalized spacial score (nSPS) is 20.1. The van der Waals surface area contributed by atoms with Crippen molar-refractivity contribution in [3.8, 4) is 11.5 Å². The van der Waals surface area contributed by atoms with Crippen LogP contribution in [0.5, 0.6) is 11.5 Å². The molecule has 3 rings (SSSR count). The number of halogens is 1. The highest BCUT2D eigenvalue weighted by Crippen LogP contribution is 2.38. The van der Waals surface area contributed by atoms with Gasteiger partial charge in [-0.2, -0.15) is 4.31 Å². The number of methoxy groups -OCH3 is 1. The number of hydrogen-bond donors (Lipinski definition) is 0. The molecule has 0 unspecified atom stereocenters. The minimum atomic E-state index is -3.56. The number of piperidine rings is 1. The molecule has 22 heavy (non-hydrogen) atoms. The summed E-state index contributed by atoms with van der Waals surface area (Å²) in [7, 11) is -1.90. The lowest BCUT2D eigenvalue weighted by Gasteiger charge is -2.31. The molecule has 6 nitrogen and oxygen atoms in total. The Labute approximate surface area is 138 Å². The molecular formula is C14H18BrNO5S. The molecular weight excluding hydrogens is 374 g/mol. The second-order valence-corrected chi connectivity index (χ2v) is 8.03. The molecule has 1 aromatic carbocycles. The summed E-state index contributed by atoms with van der Waals surface area (Å²) in [6, 6.07) is 3.19. The van der Waals surface area contributed by atoms with Crippen LogP contribution in [-0.4, -0.2) is 52.2 Å². The molecule has 0 bridgehead atoms. The molecule has 0 aliphatic carbocycles. The van der Waals surface area contributed by atoms with E-state index in [1.165, 1.54) is 10.4 Å². The average molecular weight is 392 g/mol. The van der Waals surface area contributed by atoms with E-state index in [0.717, 1.165) is 0 Å². The van der Waals surface area contributed by atoms with E-state index in [9.17, 15) is 8.42 Å². The molecule has 2 aliphatic heterocycles. The first kappa shape index (κ1) is 16.0. The van der Waals surface area contributed by atoms with Gasteiger partial charge in [0.05, 0.1) is 6.10 Å². The van der Waals surface area contributed by atoms with Gasteiger partial charge in [-0.05, 0) is 34.8 Å². The van der Waals surface area contributed by atoms with Gasteiger partial charge in [0.25, 0.3) is 0 Å². The van der Waals surface area contributed by atoms with Crippen LogP contribution in [0.1, 0.15) is 12.8 Å². The fourth-order valence-corrected chi connectivity index (χ4v) is 5.16. The van der Waals surface area contributed by atoms with Crippen molar-refractivity contribution in [1.29, 1.82) is 0 Å². The lowest BCUT2D eigenvalue weighted by molar-refractivity contribution is 0.0604. The highest BCUT2D eigenvalue weighted by molar-refractivity contribution is 9.10. The van der Waals surface area contributed by atoms with Crippen molar-refractivity contribution in [3.63, 3.8) is 0 Å². The number of benzene rings is 1. The maximum atomic E-state index is 12.8. The van der Waals surface area contributed by atoms with Gasteiger partial charge in [-0.1, -0.05) is 0 Å². The minimum Gasteiger partial charge on any atom is -0.486 e. The van der Waals surface area contributed by atoms with E-state index in [-0.39, 0.29) is 11.0 Å². The lowest BCUT2D eigenvalue weighted by Crippen LogP contribution is -2.40. The monoisotopic (exact) mass is 391 g/mol. The van der Waals surface area contributed by atoms with Gasteiger partial charge in [0, 0.05) is 30.7 Å². The van der Waals surface area contributed by atoms with Gasteiger partial charge >= 0.3 is 0 Å². The van der Waals surface area contributed by atoms with Crippen LogP contribution < -0.4 is 9.47 Å². The van der Waals surface area contributed by atoms with Gasteiger partial charge in [-0.15, -0.1) is 0 Å². The fourth-order valence-electron chi connectivity index (χ4n) is 2.69. The van der Waals surface area contributed by atoms with E-state index in [2.05, 4.69) is 15.9 Å². The third-order valence-electron chi connectivity index (χ3n) is 3.95. The second kappa shape index (κ2) is 6.35. The Morgan fingerprint density at radius 3 is 2.36 bits per heavy atom. The number of sulfonamides is 1. The molecule has 1 saturated heterocycles. The molecule has 0 saturated carbocycles. The molecule has 8 heteroatoms. The van der Waals surface area contributed by atoms with E-state index in [1.807, 2.05) is 0 Å². The average Bonchev–Trinajstić information content (AvgIpc) is 2.54. The first-order valence-electron chi connectivity index (χ1n) is 7.14. The van der Waals surface area contributed by atoms with Crippen molar-refractivity contribution in [1.82, 2.24) is 4.31 Å². The largest absolute Gasteiger partial charge is 0.486 e. The maximum Gasteiger partial charge on any atom is 0.244 e. The summed E-state index contributed by atoms with van der Waals surface area (Å²) in [4.78, 5) is 0.215. The van der Waals surface area contributed by atoms with Gasteiger partial charge in [0.2, 0.25) is 10.0 Å². The van der Waals surface area contributed by atoms with Crippen LogP contribution in [0, 0.1) is 0 Å². The molecule has 0 aromatic heterocycles. The Balaban J connectivity index is 1.89. The van der Waals surface area contributed by atoms with Gasteiger partial charge in [-0.25, -0.2) is 8.42 Å². The first-order chi connectivity index (χ1) is 10.5. The summed E-state index contributed by atoms with van der Waals surface area (Å²) < 4.78 is 43.9. The van der Waals surface area contributed by atoms with Gasteiger partial charge in [0.1, 0.15) is 18.1 Å². The summed E-state index contributed by atoms with van der Waals surface area (Å²) >= 11 is 3.34. The van der Waals surface area contributed by atoms with Gasteiger partial charge < -0.3 is 14.2 Å². The van der Waals surface area contributed by atoms with Crippen LogP contribution in [0.3, 0.4) is 0 Å². The van der Waals surface area contributed by atoms with E-state index in [1.54, 1.807) is 13.2 Å². The third kappa shape index (κ3) is 2.97. The zero-order chi connectivity index (χ0) is 15.7. The number of fused-ring (bicyclic) bond motifs is 1. The smallest absolute Gasteiger partial charge is 0.244 e.